The number of nitrogens with one attached hydrogen (secondary N) is 1. The van der Waals surface area contributed by atoms with Crippen molar-refractivity contribution in [3.63, 3.8) is 0 Å². The molecular formula is C16H24N4O3. The van der Waals surface area contributed by atoms with E-state index in [0.717, 1.165) is 25.3 Å². The van der Waals surface area contributed by atoms with Crippen molar-refractivity contribution in [2.75, 3.05) is 26.2 Å². The fraction of sp³-hybridized carbons (Fsp3) is 0.625. The normalized spacial score (nSPS) is 23.1. The van der Waals surface area contributed by atoms with Gasteiger partial charge >= 0.3 is 6.03 Å². The van der Waals surface area contributed by atoms with Crippen molar-refractivity contribution < 1.29 is 14.0 Å². The summed E-state index contributed by atoms with van der Waals surface area (Å²) in [4.78, 5) is 27.7. The van der Waals surface area contributed by atoms with Gasteiger partial charge in [0.1, 0.15) is 11.8 Å². The van der Waals surface area contributed by atoms with Crippen LogP contribution in [-0.2, 0) is 4.79 Å². The Hall–Kier alpha value is -2.02. The molecule has 1 aromatic rings. The molecular weight excluding hydrogens is 296 g/mol. The van der Waals surface area contributed by atoms with Crippen LogP contribution in [0.2, 0.25) is 0 Å². The van der Waals surface area contributed by atoms with E-state index in [9.17, 15) is 9.59 Å². The standard InChI is InChI=1S/C16H24N4O3/c17-15(21)12-5-3-9-20(12)16(22)18-11-13(14-6-4-10-23-14)19-7-1-2-8-19/h4,6,10,12-13H,1-3,5,7-9,11H2,(H2,17,21)(H,18,22). The molecule has 7 nitrogen and oxygen atoms in total. The summed E-state index contributed by atoms with van der Waals surface area (Å²) in [6.45, 7) is 3.06. The summed E-state index contributed by atoms with van der Waals surface area (Å²) >= 11 is 0. The first kappa shape index (κ1) is 15.9. The van der Waals surface area contributed by atoms with Crippen LogP contribution in [0, 0.1) is 0 Å². The second-order valence-corrected chi connectivity index (χ2v) is 6.21. The summed E-state index contributed by atoms with van der Waals surface area (Å²) in [5.41, 5.74) is 5.37. The van der Waals surface area contributed by atoms with Crippen LogP contribution < -0.4 is 11.1 Å². The molecule has 3 rings (SSSR count). The van der Waals surface area contributed by atoms with E-state index in [2.05, 4.69) is 10.2 Å². The van der Waals surface area contributed by atoms with Gasteiger partial charge in [0, 0.05) is 13.1 Å². The Balaban J connectivity index is 1.62. The van der Waals surface area contributed by atoms with Crippen molar-refractivity contribution in [1.82, 2.24) is 15.1 Å². The molecule has 3 heterocycles. The number of likely N-dealkylation sites (tertiary alicyclic amines) is 2. The van der Waals surface area contributed by atoms with Crippen molar-refractivity contribution in [2.24, 2.45) is 5.73 Å². The Morgan fingerprint density at radius 2 is 2.09 bits per heavy atom. The number of hydrogen-bond acceptors (Lipinski definition) is 4. The van der Waals surface area contributed by atoms with E-state index < -0.39 is 11.9 Å². The van der Waals surface area contributed by atoms with Crippen LogP contribution in [0.3, 0.4) is 0 Å². The number of primary amides is 1. The summed E-state index contributed by atoms with van der Waals surface area (Å²) in [5.74, 6) is 0.430. The Labute approximate surface area is 135 Å². The molecule has 2 aliphatic rings. The Bertz CT molecular complexity index is 540. The van der Waals surface area contributed by atoms with Crippen LogP contribution in [0.15, 0.2) is 22.8 Å². The van der Waals surface area contributed by atoms with Gasteiger partial charge in [-0.25, -0.2) is 4.79 Å². The second kappa shape index (κ2) is 7.04. The number of rotatable bonds is 5. The summed E-state index contributed by atoms with van der Waals surface area (Å²) in [5, 5.41) is 2.95. The highest BCUT2D eigenvalue weighted by atomic mass is 16.3. The van der Waals surface area contributed by atoms with E-state index in [1.165, 1.54) is 12.8 Å². The monoisotopic (exact) mass is 320 g/mol. The minimum Gasteiger partial charge on any atom is -0.468 e. The number of furan rings is 1. The number of amides is 3. The Morgan fingerprint density at radius 1 is 1.30 bits per heavy atom. The predicted molar refractivity (Wildman–Crippen MR) is 84.6 cm³/mol. The van der Waals surface area contributed by atoms with Crippen LogP contribution in [0.1, 0.15) is 37.5 Å². The van der Waals surface area contributed by atoms with Gasteiger partial charge < -0.3 is 20.4 Å². The van der Waals surface area contributed by atoms with Gasteiger partial charge in [-0.3, -0.25) is 9.69 Å². The quantitative estimate of drug-likeness (QED) is 0.849. The maximum atomic E-state index is 12.4. The van der Waals surface area contributed by atoms with Gasteiger partial charge in [0.15, 0.2) is 0 Å². The third-order valence-electron chi connectivity index (χ3n) is 4.74. The SMILES string of the molecule is NC(=O)C1CCCN1C(=O)NCC(c1ccco1)N1CCCC1. The molecule has 3 amide bonds. The number of carbonyl (C=O) groups is 2. The summed E-state index contributed by atoms with van der Waals surface area (Å²) in [7, 11) is 0. The number of urea groups is 1. The van der Waals surface area contributed by atoms with E-state index >= 15 is 0 Å². The number of nitrogens with zero attached hydrogens (tertiary/aromatic N) is 2. The summed E-state index contributed by atoms with van der Waals surface area (Å²) in [6.07, 6.45) is 5.46. The molecule has 2 atom stereocenters. The van der Waals surface area contributed by atoms with E-state index in [1.807, 2.05) is 12.1 Å². The fourth-order valence-corrected chi connectivity index (χ4v) is 3.53. The van der Waals surface area contributed by atoms with Gasteiger partial charge in [0.05, 0.1) is 12.3 Å². The molecule has 0 aliphatic carbocycles. The molecule has 1 aromatic heterocycles. The minimum atomic E-state index is -0.483. The van der Waals surface area contributed by atoms with Gasteiger partial charge in [-0.2, -0.15) is 0 Å². The van der Waals surface area contributed by atoms with Crippen LogP contribution in [0.5, 0.6) is 0 Å². The average Bonchev–Trinajstić information content (AvgIpc) is 3.29. The van der Waals surface area contributed by atoms with Crippen LogP contribution in [0.4, 0.5) is 4.79 Å². The van der Waals surface area contributed by atoms with Crippen LogP contribution in [0.25, 0.3) is 0 Å². The highest BCUT2D eigenvalue weighted by molar-refractivity contribution is 5.86. The molecule has 7 heteroatoms. The van der Waals surface area contributed by atoms with Crippen molar-refractivity contribution in [2.45, 2.75) is 37.8 Å². The maximum absolute atomic E-state index is 12.4. The van der Waals surface area contributed by atoms with Gasteiger partial charge in [-0.15, -0.1) is 0 Å². The average molecular weight is 320 g/mol. The molecule has 0 saturated carbocycles. The number of nitrogens with two attached hydrogens (primary N) is 1. The van der Waals surface area contributed by atoms with Crippen LogP contribution in [-0.4, -0.2) is 54.0 Å². The molecule has 3 N–H and O–H groups in total. The lowest BCUT2D eigenvalue weighted by molar-refractivity contribution is -0.121. The third kappa shape index (κ3) is 3.50. The summed E-state index contributed by atoms with van der Waals surface area (Å²) in [6, 6.07) is 3.14. The largest absolute Gasteiger partial charge is 0.468 e. The molecule has 2 unspecified atom stereocenters. The van der Waals surface area contributed by atoms with Crippen LogP contribution >= 0.6 is 0 Å². The minimum absolute atomic E-state index is 0.0334. The predicted octanol–water partition coefficient (Wildman–Crippen LogP) is 1.08. The lowest BCUT2D eigenvalue weighted by Gasteiger charge is -2.28. The topological polar surface area (TPSA) is 91.8 Å². The molecule has 0 aromatic carbocycles. The molecule has 0 spiro atoms. The molecule has 2 fully saturated rings. The zero-order valence-electron chi connectivity index (χ0n) is 13.2. The summed E-state index contributed by atoms with van der Waals surface area (Å²) < 4.78 is 5.54. The highest BCUT2D eigenvalue weighted by Gasteiger charge is 2.33. The number of hydrogen-bond donors (Lipinski definition) is 2. The molecule has 2 aliphatic heterocycles. The van der Waals surface area contributed by atoms with Crippen molar-refractivity contribution in [1.29, 1.82) is 0 Å². The fourth-order valence-electron chi connectivity index (χ4n) is 3.53. The van der Waals surface area contributed by atoms with Crippen molar-refractivity contribution >= 4 is 11.9 Å². The zero-order chi connectivity index (χ0) is 16.2. The van der Waals surface area contributed by atoms with Crippen molar-refractivity contribution in [3.8, 4) is 0 Å². The van der Waals surface area contributed by atoms with E-state index in [-0.39, 0.29) is 12.1 Å². The smallest absolute Gasteiger partial charge is 0.318 e. The molecule has 0 radical (unpaired) electrons. The lowest BCUT2D eigenvalue weighted by Crippen LogP contribution is -2.49. The molecule has 126 valence electrons. The van der Waals surface area contributed by atoms with Gasteiger partial charge in [-0.05, 0) is 50.9 Å². The first-order valence-electron chi connectivity index (χ1n) is 8.28. The Morgan fingerprint density at radius 3 is 2.74 bits per heavy atom. The van der Waals surface area contributed by atoms with Gasteiger partial charge in [0.2, 0.25) is 5.91 Å². The number of carbonyl (C=O) groups excluding carboxylic acids is 2. The third-order valence-corrected chi connectivity index (χ3v) is 4.74. The van der Waals surface area contributed by atoms with Gasteiger partial charge in [0.25, 0.3) is 0 Å². The lowest BCUT2D eigenvalue weighted by atomic mass is 10.2. The first-order valence-corrected chi connectivity index (χ1v) is 8.28. The highest BCUT2D eigenvalue weighted by Crippen LogP contribution is 2.25. The molecule has 0 bridgehead atoms. The zero-order valence-corrected chi connectivity index (χ0v) is 13.2. The van der Waals surface area contributed by atoms with Gasteiger partial charge in [-0.1, -0.05) is 0 Å². The van der Waals surface area contributed by atoms with E-state index in [4.69, 9.17) is 10.2 Å². The van der Waals surface area contributed by atoms with E-state index in [1.54, 1.807) is 11.2 Å². The molecule has 23 heavy (non-hydrogen) atoms. The Kier molecular flexibility index (Phi) is 4.85. The second-order valence-electron chi connectivity index (χ2n) is 6.21. The van der Waals surface area contributed by atoms with E-state index in [0.29, 0.717) is 19.5 Å². The van der Waals surface area contributed by atoms with Crippen molar-refractivity contribution in [3.05, 3.63) is 24.2 Å². The maximum Gasteiger partial charge on any atom is 0.318 e. The molecule has 2 saturated heterocycles. The first-order chi connectivity index (χ1) is 11.2.